The Bertz CT molecular complexity index is 999. The van der Waals surface area contributed by atoms with Crippen molar-refractivity contribution in [2.24, 2.45) is 0 Å². The molecule has 0 aliphatic carbocycles. The average molecular weight is 414 g/mol. The lowest BCUT2D eigenvalue weighted by molar-refractivity contribution is -0.129. The van der Waals surface area contributed by atoms with E-state index in [9.17, 15) is 13.6 Å². The first-order chi connectivity index (χ1) is 14.0. The Morgan fingerprint density at radius 2 is 1.55 bits per heavy atom. The number of carbonyl (C=O) groups is 1. The molecule has 1 atom stereocenters. The van der Waals surface area contributed by atoms with Gasteiger partial charge in [-0.05, 0) is 68.3 Å². The van der Waals surface area contributed by atoms with Gasteiger partial charge in [0.2, 0.25) is 5.91 Å². The summed E-state index contributed by atoms with van der Waals surface area (Å²) < 4.78 is 28.6. The normalized spacial score (nSPS) is 14.9. The number of hydrogen-bond acceptors (Lipinski definition) is 4. The highest BCUT2D eigenvalue weighted by Crippen LogP contribution is 2.31. The Balaban J connectivity index is 1.70. The van der Waals surface area contributed by atoms with Gasteiger partial charge in [0.1, 0.15) is 11.6 Å². The molecule has 150 valence electrons. The number of halogens is 2. The van der Waals surface area contributed by atoms with Crippen molar-refractivity contribution in [1.29, 1.82) is 0 Å². The van der Waals surface area contributed by atoms with Gasteiger partial charge in [-0.2, -0.15) is 0 Å². The van der Waals surface area contributed by atoms with Gasteiger partial charge in [0.15, 0.2) is 11.0 Å². The molecule has 1 aliphatic heterocycles. The molecule has 0 saturated carbocycles. The van der Waals surface area contributed by atoms with Crippen LogP contribution < -0.4 is 0 Å². The molecular formula is C21H20F2N4OS. The number of aromatic nitrogens is 3. The monoisotopic (exact) mass is 414 g/mol. The molecule has 1 fully saturated rings. The number of likely N-dealkylation sites (tertiary alicyclic amines) is 1. The quantitative estimate of drug-likeness (QED) is 0.584. The minimum Gasteiger partial charge on any atom is -0.342 e. The fourth-order valence-electron chi connectivity index (χ4n) is 3.36. The van der Waals surface area contributed by atoms with Crippen molar-refractivity contribution in [3.8, 4) is 17.1 Å². The third-order valence-corrected chi connectivity index (χ3v) is 5.90. The molecule has 1 aliphatic rings. The Morgan fingerprint density at radius 3 is 2.17 bits per heavy atom. The van der Waals surface area contributed by atoms with Crippen molar-refractivity contribution < 1.29 is 13.6 Å². The van der Waals surface area contributed by atoms with E-state index in [1.165, 1.54) is 36.0 Å². The van der Waals surface area contributed by atoms with Crippen LogP contribution in [0.1, 0.15) is 19.8 Å². The molecule has 1 saturated heterocycles. The van der Waals surface area contributed by atoms with Crippen LogP contribution in [0.2, 0.25) is 0 Å². The predicted octanol–water partition coefficient (Wildman–Crippen LogP) is 4.32. The molecule has 5 nitrogen and oxygen atoms in total. The number of benzene rings is 2. The van der Waals surface area contributed by atoms with Crippen molar-refractivity contribution in [1.82, 2.24) is 19.7 Å². The standard InChI is InChI=1S/C21H20F2N4OS/c1-14(20(28)26-12-2-3-13-26)29-21-25-24-19(15-4-6-16(22)7-5-15)27(21)18-10-8-17(23)9-11-18/h4-11,14H,2-3,12-13H2,1H3. The van der Waals surface area contributed by atoms with Crippen molar-refractivity contribution in [3.05, 3.63) is 60.2 Å². The first kappa shape index (κ1) is 19.6. The highest BCUT2D eigenvalue weighted by Gasteiger charge is 2.26. The second-order valence-corrected chi connectivity index (χ2v) is 8.23. The van der Waals surface area contributed by atoms with Crippen molar-refractivity contribution in [2.45, 2.75) is 30.2 Å². The third kappa shape index (κ3) is 4.17. The van der Waals surface area contributed by atoms with Gasteiger partial charge in [-0.25, -0.2) is 8.78 Å². The van der Waals surface area contributed by atoms with Crippen LogP contribution in [0.15, 0.2) is 53.7 Å². The van der Waals surface area contributed by atoms with Gasteiger partial charge in [-0.3, -0.25) is 9.36 Å². The summed E-state index contributed by atoms with van der Waals surface area (Å²) >= 11 is 1.31. The summed E-state index contributed by atoms with van der Waals surface area (Å²) in [6.07, 6.45) is 2.06. The highest BCUT2D eigenvalue weighted by atomic mass is 32.2. The Labute approximate surface area is 171 Å². The second-order valence-electron chi connectivity index (χ2n) is 6.92. The van der Waals surface area contributed by atoms with Crippen LogP contribution in [0.5, 0.6) is 0 Å². The smallest absolute Gasteiger partial charge is 0.235 e. The maximum atomic E-state index is 13.4. The molecule has 0 spiro atoms. The molecule has 1 aromatic heterocycles. The van der Waals surface area contributed by atoms with E-state index in [4.69, 9.17) is 0 Å². The van der Waals surface area contributed by atoms with Gasteiger partial charge in [-0.15, -0.1) is 10.2 Å². The number of hydrogen-bond donors (Lipinski definition) is 0. The van der Waals surface area contributed by atoms with Gasteiger partial charge in [0.25, 0.3) is 0 Å². The van der Waals surface area contributed by atoms with Crippen molar-refractivity contribution >= 4 is 17.7 Å². The van der Waals surface area contributed by atoms with E-state index in [0.29, 0.717) is 22.2 Å². The number of thioether (sulfide) groups is 1. The number of amides is 1. The summed E-state index contributed by atoms with van der Waals surface area (Å²) in [6.45, 7) is 3.43. The molecule has 0 N–H and O–H groups in total. The van der Waals surface area contributed by atoms with E-state index in [-0.39, 0.29) is 22.8 Å². The molecule has 1 amide bonds. The zero-order valence-corrected chi connectivity index (χ0v) is 16.7. The van der Waals surface area contributed by atoms with E-state index in [1.54, 1.807) is 28.8 Å². The van der Waals surface area contributed by atoms with Gasteiger partial charge in [0.05, 0.1) is 5.25 Å². The largest absolute Gasteiger partial charge is 0.342 e. The molecule has 0 radical (unpaired) electrons. The van der Waals surface area contributed by atoms with Crippen LogP contribution in [0.3, 0.4) is 0 Å². The molecule has 8 heteroatoms. The molecule has 4 rings (SSSR count). The minimum atomic E-state index is -0.350. The molecule has 29 heavy (non-hydrogen) atoms. The molecule has 1 unspecified atom stereocenters. The number of nitrogens with zero attached hydrogens (tertiary/aromatic N) is 4. The summed E-state index contributed by atoms with van der Waals surface area (Å²) in [4.78, 5) is 14.6. The Morgan fingerprint density at radius 1 is 0.966 bits per heavy atom. The lowest BCUT2D eigenvalue weighted by Crippen LogP contribution is -2.34. The van der Waals surface area contributed by atoms with Gasteiger partial charge in [0, 0.05) is 24.3 Å². The number of carbonyl (C=O) groups excluding carboxylic acids is 1. The van der Waals surface area contributed by atoms with E-state index >= 15 is 0 Å². The zero-order valence-electron chi connectivity index (χ0n) is 15.9. The van der Waals surface area contributed by atoms with Crippen LogP contribution in [0.4, 0.5) is 8.78 Å². The highest BCUT2D eigenvalue weighted by molar-refractivity contribution is 8.00. The van der Waals surface area contributed by atoms with Gasteiger partial charge in [-0.1, -0.05) is 11.8 Å². The molecular weight excluding hydrogens is 394 g/mol. The first-order valence-corrected chi connectivity index (χ1v) is 10.3. The van der Waals surface area contributed by atoms with Crippen LogP contribution in [0.25, 0.3) is 17.1 Å². The Hall–Kier alpha value is -2.74. The third-order valence-electron chi connectivity index (χ3n) is 4.87. The summed E-state index contributed by atoms with van der Waals surface area (Å²) in [5.74, 6) is -0.123. The SMILES string of the molecule is CC(Sc1nnc(-c2ccc(F)cc2)n1-c1ccc(F)cc1)C(=O)N1CCCC1. The fourth-order valence-corrected chi connectivity index (χ4v) is 4.31. The topological polar surface area (TPSA) is 51.0 Å². The maximum Gasteiger partial charge on any atom is 0.235 e. The van der Waals surface area contributed by atoms with Gasteiger partial charge >= 0.3 is 0 Å². The lowest BCUT2D eigenvalue weighted by Gasteiger charge is -2.20. The summed E-state index contributed by atoms with van der Waals surface area (Å²) in [5, 5.41) is 8.74. The fraction of sp³-hybridized carbons (Fsp3) is 0.286. The maximum absolute atomic E-state index is 13.4. The van der Waals surface area contributed by atoms with E-state index in [1.807, 2.05) is 11.8 Å². The van der Waals surface area contributed by atoms with Crippen LogP contribution in [0, 0.1) is 11.6 Å². The molecule has 0 bridgehead atoms. The number of rotatable bonds is 5. The minimum absolute atomic E-state index is 0.0736. The van der Waals surface area contributed by atoms with E-state index < -0.39 is 0 Å². The molecule has 2 heterocycles. The average Bonchev–Trinajstić information content (AvgIpc) is 3.39. The zero-order chi connectivity index (χ0) is 20.4. The second kappa shape index (κ2) is 8.32. The van der Waals surface area contributed by atoms with Crippen molar-refractivity contribution in [3.63, 3.8) is 0 Å². The van der Waals surface area contributed by atoms with E-state index in [0.717, 1.165) is 25.9 Å². The van der Waals surface area contributed by atoms with Crippen LogP contribution >= 0.6 is 11.8 Å². The predicted molar refractivity (Wildman–Crippen MR) is 108 cm³/mol. The molecule has 2 aromatic carbocycles. The van der Waals surface area contributed by atoms with Crippen LogP contribution in [-0.2, 0) is 4.79 Å². The van der Waals surface area contributed by atoms with Crippen molar-refractivity contribution in [2.75, 3.05) is 13.1 Å². The van der Waals surface area contributed by atoms with Gasteiger partial charge < -0.3 is 4.90 Å². The Kier molecular flexibility index (Phi) is 5.62. The van der Waals surface area contributed by atoms with Crippen LogP contribution in [-0.4, -0.2) is 43.9 Å². The molecule has 3 aromatic rings. The summed E-state index contributed by atoms with van der Waals surface area (Å²) in [6, 6.07) is 11.9. The lowest BCUT2D eigenvalue weighted by atomic mass is 10.2. The summed E-state index contributed by atoms with van der Waals surface area (Å²) in [7, 11) is 0. The first-order valence-electron chi connectivity index (χ1n) is 9.45. The summed E-state index contributed by atoms with van der Waals surface area (Å²) in [5.41, 5.74) is 1.34. The van der Waals surface area contributed by atoms with E-state index in [2.05, 4.69) is 10.2 Å².